The van der Waals surface area contributed by atoms with Gasteiger partial charge in [0.15, 0.2) is 0 Å². The zero-order valence-electron chi connectivity index (χ0n) is 15.7. The number of nitrogens with zero attached hydrogens (tertiary/aromatic N) is 1. The Hall–Kier alpha value is -1.88. The lowest BCUT2D eigenvalue weighted by atomic mass is 9.83. The van der Waals surface area contributed by atoms with Crippen LogP contribution in [0, 0.1) is 5.92 Å². The molecule has 1 aliphatic carbocycles. The first-order valence-corrected chi connectivity index (χ1v) is 9.94. The van der Waals surface area contributed by atoms with E-state index in [2.05, 4.69) is 5.32 Å². The number of benzene rings is 1. The van der Waals surface area contributed by atoms with E-state index in [0.717, 1.165) is 19.3 Å². The second-order valence-corrected chi connectivity index (χ2v) is 7.91. The zero-order chi connectivity index (χ0) is 18.6. The van der Waals surface area contributed by atoms with Crippen molar-refractivity contribution in [2.24, 2.45) is 11.7 Å². The Morgan fingerprint density at radius 1 is 1.19 bits per heavy atom. The van der Waals surface area contributed by atoms with Crippen LogP contribution in [0.4, 0.5) is 0 Å². The Morgan fingerprint density at radius 2 is 1.88 bits per heavy atom. The van der Waals surface area contributed by atoms with Gasteiger partial charge in [0.05, 0.1) is 0 Å². The molecule has 0 spiro atoms. The van der Waals surface area contributed by atoms with Gasteiger partial charge in [0, 0.05) is 24.7 Å². The number of hydrogen-bond acceptors (Lipinski definition) is 3. The number of rotatable bonds is 5. The van der Waals surface area contributed by atoms with E-state index in [9.17, 15) is 9.59 Å². The maximum absolute atomic E-state index is 13.2. The van der Waals surface area contributed by atoms with Crippen molar-refractivity contribution in [1.82, 2.24) is 10.2 Å². The predicted octanol–water partition coefficient (Wildman–Crippen LogP) is 2.71. The Balaban J connectivity index is 1.72. The van der Waals surface area contributed by atoms with Gasteiger partial charge < -0.3 is 16.0 Å². The number of nitrogens with one attached hydrogen (secondary N) is 1. The minimum atomic E-state index is -0.797. The standard InChI is InChI=1S/C21H31N3O2/c1-21(20(26)23-18(15-22)16-9-4-2-5-10-16)13-8-14-24(21)19(25)17-11-6-3-7-12-17/h3,6-7,11-12,16,18H,2,4-5,8-10,13-15,22H2,1H3,(H,23,26). The quantitative estimate of drug-likeness (QED) is 0.851. The third-order valence-electron chi connectivity index (χ3n) is 6.19. The molecule has 1 aliphatic heterocycles. The zero-order valence-corrected chi connectivity index (χ0v) is 15.7. The van der Waals surface area contributed by atoms with Crippen molar-refractivity contribution >= 4 is 11.8 Å². The Kier molecular flexibility index (Phi) is 5.97. The number of nitrogens with two attached hydrogens (primary N) is 1. The monoisotopic (exact) mass is 357 g/mol. The molecule has 5 heteroatoms. The van der Waals surface area contributed by atoms with Gasteiger partial charge in [-0.3, -0.25) is 9.59 Å². The third-order valence-corrected chi connectivity index (χ3v) is 6.19. The van der Waals surface area contributed by atoms with E-state index in [1.807, 2.05) is 37.3 Å². The van der Waals surface area contributed by atoms with Gasteiger partial charge in [-0.05, 0) is 50.7 Å². The van der Waals surface area contributed by atoms with Crippen LogP contribution in [-0.2, 0) is 4.79 Å². The minimum absolute atomic E-state index is 0.00824. The molecule has 1 saturated heterocycles. The molecular formula is C21H31N3O2. The fourth-order valence-corrected chi connectivity index (χ4v) is 4.49. The summed E-state index contributed by atoms with van der Waals surface area (Å²) in [6, 6.07) is 9.23. The van der Waals surface area contributed by atoms with Crippen LogP contribution in [0.25, 0.3) is 0 Å². The van der Waals surface area contributed by atoms with Crippen molar-refractivity contribution in [2.45, 2.75) is 63.5 Å². The van der Waals surface area contributed by atoms with Gasteiger partial charge in [0.2, 0.25) is 5.91 Å². The molecule has 3 N–H and O–H groups in total. The highest BCUT2D eigenvalue weighted by atomic mass is 16.2. The van der Waals surface area contributed by atoms with E-state index in [1.54, 1.807) is 4.90 Å². The van der Waals surface area contributed by atoms with Gasteiger partial charge in [0.25, 0.3) is 5.91 Å². The second kappa shape index (κ2) is 8.21. The average molecular weight is 357 g/mol. The third kappa shape index (κ3) is 3.78. The van der Waals surface area contributed by atoms with Gasteiger partial charge in [0.1, 0.15) is 5.54 Å². The highest BCUT2D eigenvalue weighted by molar-refractivity contribution is 5.99. The van der Waals surface area contributed by atoms with Crippen molar-refractivity contribution in [2.75, 3.05) is 13.1 Å². The Bertz CT molecular complexity index is 627. The summed E-state index contributed by atoms with van der Waals surface area (Å²) in [6.07, 6.45) is 7.51. The van der Waals surface area contributed by atoms with Crippen LogP contribution in [-0.4, -0.2) is 41.4 Å². The first-order chi connectivity index (χ1) is 12.6. The number of amides is 2. The topological polar surface area (TPSA) is 75.4 Å². The summed E-state index contributed by atoms with van der Waals surface area (Å²) >= 11 is 0. The summed E-state index contributed by atoms with van der Waals surface area (Å²) in [5.74, 6) is 0.337. The highest BCUT2D eigenvalue weighted by Gasteiger charge is 2.46. The molecule has 1 heterocycles. The largest absolute Gasteiger partial charge is 0.350 e. The van der Waals surface area contributed by atoms with Crippen LogP contribution in [0.5, 0.6) is 0 Å². The Morgan fingerprint density at radius 3 is 2.54 bits per heavy atom. The molecule has 2 aliphatic rings. The van der Waals surface area contributed by atoms with Crippen LogP contribution >= 0.6 is 0 Å². The van der Waals surface area contributed by atoms with Gasteiger partial charge in [-0.15, -0.1) is 0 Å². The molecule has 26 heavy (non-hydrogen) atoms. The van der Waals surface area contributed by atoms with Crippen molar-refractivity contribution in [3.05, 3.63) is 35.9 Å². The minimum Gasteiger partial charge on any atom is -0.350 e. The predicted molar refractivity (Wildman–Crippen MR) is 103 cm³/mol. The normalized spacial score (nSPS) is 25.1. The van der Waals surface area contributed by atoms with E-state index in [-0.39, 0.29) is 17.9 Å². The number of carbonyl (C=O) groups is 2. The fraction of sp³-hybridized carbons (Fsp3) is 0.619. The van der Waals surface area contributed by atoms with Crippen molar-refractivity contribution in [3.8, 4) is 0 Å². The smallest absolute Gasteiger partial charge is 0.254 e. The van der Waals surface area contributed by atoms with Crippen LogP contribution in [0.15, 0.2) is 30.3 Å². The van der Waals surface area contributed by atoms with Crippen LogP contribution in [0.1, 0.15) is 62.2 Å². The van der Waals surface area contributed by atoms with E-state index in [0.29, 0.717) is 31.0 Å². The molecule has 0 aromatic heterocycles. The SMILES string of the molecule is CC1(C(=O)NC(CN)C2CCCCC2)CCCN1C(=O)c1ccccc1. The lowest BCUT2D eigenvalue weighted by Gasteiger charge is -2.37. The van der Waals surface area contributed by atoms with Crippen molar-refractivity contribution < 1.29 is 9.59 Å². The summed E-state index contributed by atoms with van der Waals surface area (Å²) in [7, 11) is 0. The molecule has 142 valence electrons. The molecule has 0 bridgehead atoms. The molecule has 2 unspecified atom stereocenters. The molecule has 1 aromatic carbocycles. The highest BCUT2D eigenvalue weighted by Crippen LogP contribution is 2.32. The van der Waals surface area contributed by atoms with Crippen LogP contribution in [0.3, 0.4) is 0 Å². The maximum Gasteiger partial charge on any atom is 0.254 e. The lowest BCUT2D eigenvalue weighted by molar-refractivity contribution is -0.131. The lowest BCUT2D eigenvalue weighted by Crippen LogP contribution is -2.59. The summed E-state index contributed by atoms with van der Waals surface area (Å²) in [5, 5.41) is 3.20. The first-order valence-electron chi connectivity index (χ1n) is 9.94. The van der Waals surface area contributed by atoms with Gasteiger partial charge in [-0.25, -0.2) is 0 Å². The number of hydrogen-bond donors (Lipinski definition) is 2. The molecule has 3 rings (SSSR count). The van der Waals surface area contributed by atoms with Crippen molar-refractivity contribution in [1.29, 1.82) is 0 Å². The van der Waals surface area contributed by atoms with Crippen molar-refractivity contribution in [3.63, 3.8) is 0 Å². The Labute approximate surface area is 156 Å². The summed E-state index contributed by atoms with van der Waals surface area (Å²) in [5.41, 5.74) is 5.82. The summed E-state index contributed by atoms with van der Waals surface area (Å²) in [4.78, 5) is 27.9. The molecule has 1 saturated carbocycles. The molecule has 1 aromatic rings. The van der Waals surface area contributed by atoms with E-state index in [4.69, 9.17) is 5.73 Å². The summed E-state index contributed by atoms with van der Waals surface area (Å²) < 4.78 is 0. The fourth-order valence-electron chi connectivity index (χ4n) is 4.49. The van der Waals surface area contributed by atoms with E-state index in [1.165, 1.54) is 19.3 Å². The van der Waals surface area contributed by atoms with Gasteiger partial charge in [-0.2, -0.15) is 0 Å². The van der Waals surface area contributed by atoms with Crippen LogP contribution < -0.4 is 11.1 Å². The maximum atomic E-state index is 13.2. The molecular weight excluding hydrogens is 326 g/mol. The van der Waals surface area contributed by atoms with E-state index >= 15 is 0 Å². The first kappa shape index (κ1) is 18.9. The molecule has 2 amide bonds. The number of carbonyl (C=O) groups excluding carboxylic acids is 2. The summed E-state index contributed by atoms with van der Waals surface area (Å²) in [6.45, 7) is 2.97. The molecule has 2 fully saturated rings. The molecule has 2 atom stereocenters. The van der Waals surface area contributed by atoms with Gasteiger partial charge >= 0.3 is 0 Å². The molecule has 5 nitrogen and oxygen atoms in total. The van der Waals surface area contributed by atoms with Crippen LogP contribution in [0.2, 0.25) is 0 Å². The van der Waals surface area contributed by atoms with Gasteiger partial charge in [-0.1, -0.05) is 37.5 Å². The van der Waals surface area contributed by atoms with E-state index < -0.39 is 5.54 Å². The number of likely N-dealkylation sites (tertiary alicyclic amines) is 1. The molecule has 0 radical (unpaired) electrons. The average Bonchev–Trinajstić information content (AvgIpc) is 3.09. The second-order valence-electron chi connectivity index (χ2n) is 7.91.